The molecular formula is C37H64Cl2. The van der Waals surface area contributed by atoms with Gasteiger partial charge in [-0.05, 0) is 119 Å². The van der Waals surface area contributed by atoms with Crippen LogP contribution in [0.2, 0.25) is 0 Å². The van der Waals surface area contributed by atoms with Crippen molar-refractivity contribution in [2.75, 3.05) is 0 Å². The molecule has 0 atom stereocenters. The van der Waals surface area contributed by atoms with Crippen LogP contribution in [-0.2, 0) is 0 Å². The first-order valence-electron chi connectivity index (χ1n) is 18.3. The summed E-state index contributed by atoms with van der Waals surface area (Å²) < 4.78 is -0.455. The lowest BCUT2D eigenvalue weighted by Gasteiger charge is -2.69. The molecule has 0 saturated heterocycles. The molecule has 0 amide bonds. The summed E-state index contributed by atoms with van der Waals surface area (Å²) in [5.41, 5.74) is 0.486. The van der Waals surface area contributed by atoms with Crippen molar-refractivity contribution in [1.82, 2.24) is 0 Å². The Morgan fingerprint density at radius 3 is 1.31 bits per heavy atom. The van der Waals surface area contributed by atoms with E-state index in [4.69, 9.17) is 23.2 Å². The predicted octanol–water partition coefficient (Wildman–Crippen LogP) is 13.1. The Labute approximate surface area is 253 Å². The molecular weight excluding hydrogens is 515 g/mol. The highest BCUT2D eigenvalue weighted by molar-refractivity contribution is 6.50. The van der Waals surface area contributed by atoms with Gasteiger partial charge in [0.15, 0.2) is 0 Å². The molecule has 0 heterocycles. The molecule has 5 aliphatic carbocycles. The highest BCUT2D eigenvalue weighted by Crippen LogP contribution is 2.77. The Morgan fingerprint density at radius 1 is 0.462 bits per heavy atom. The van der Waals surface area contributed by atoms with Crippen LogP contribution in [-0.4, -0.2) is 4.33 Å². The van der Waals surface area contributed by atoms with Crippen LogP contribution in [0.5, 0.6) is 0 Å². The molecule has 0 aliphatic heterocycles. The van der Waals surface area contributed by atoms with Crippen molar-refractivity contribution in [1.29, 1.82) is 0 Å². The smallest absolute Gasteiger partial charge is 0.100 e. The van der Waals surface area contributed by atoms with E-state index >= 15 is 0 Å². The van der Waals surface area contributed by atoms with Gasteiger partial charge in [-0.15, -0.1) is 23.2 Å². The van der Waals surface area contributed by atoms with E-state index in [-0.39, 0.29) is 10.8 Å². The van der Waals surface area contributed by atoms with Crippen LogP contribution in [0.4, 0.5) is 0 Å². The minimum Gasteiger partial charge on any atom is -0.100 e. The van der Waals surface area contributed by atoms with E-state index < -0.39 is 4.33 Å². The summed E-state index contributed by atoms with van der Waals surface area (Å²) in [5.74, 6) is 5.99. The lowest BCUT2D eigenvalue weighted by atomic mass is 9.42. The third-order valence-corrected chi connectivity index (χ3v) is 15.4. The summed E-state index contributed by atoms with van der Waals surface area (Å²) in [7, 11) is 0. The second kappa shape index (κ2) is 13.9. The fourth-order valence-corrected chi connectivity index (χ4v) is 12.2. The molecule has 0 aromatic carbocycles. The van der Waals surface area contributed by atoms with Crippen LogP contribution in [0.15, 0.2) is 0 Å². The van der Waals surface area contributed by atoms with E-state index in [1.54, 1.807) is 0 Å². The van der Waals surface area contributed by atoms with Gasteiger partial charge in [-0.1, -0.05) is 97.3 Å². The first kappa shape index (κ1) is 31.0. The van der Waals surface area contributed by atoms with Crippen LogP contribution in [0.1, 0.15) is 181 Å². The minimum absolute atomic E-state index is 0.243. The fourth-order valence-electron chi connectivity index (χ4n) is 11.2. The van der Waals surface area contributed by atoms with Crippen molar-refractivity contribution < 1.29 is 0 Å². The maximum absolute atomic E-state index is 7.47. The van der Waals surface area contributed by atoms with E-state index in [1.165, 1.54) is 167 Å². The molecule has 5 rings (SSSR count). The van der Waals surface area contributed by atoms with Crippen molar-refractivity contribution in [3.8, 4) is 0 Å². The SMILES string of the molecule is CCCCCCCC[C@H]1CC[C@H](C2CCC3(CC2)CC2(CCC([C@H]4CC[C@H](CCC)CC4)CC2)C3(Cl)Cl)CC1. The third-order valence-electron chi connectivity index (χ3n) is 13.8. The lowest BCUT2D eigenvalue weighted by Crippen LogP contribution is -2.66. The van der Waals surface area contributed by atoms with Gasteiger partial charge in [0.25, 0.3) is 0 Å². The monoisotopic (exact) mass is 578 g/mol. The highest BCUT2D eigenvalue weighted by Gasteiger charge is 2.72. The predicted molar refractivity (Wildman–Crippen MR) is 172 cm³/mol. The van der Waals surface area contributed by atoms with Crippen LogP contribution >= 0.6 is 23.2 Å². The quantitative estimate of drug-likeness (QED) is 0.169. The second-order valence-corrected chi connectivity index (χ2v) is 17.2. The molecule has 5 aliphatic rings. The number of halogens is 2. The topological polar surface area (TPSA) is 0 Å². The minimum atomic E-state index is -0.455. The maximum atomic E-state index is 7.47. The van der Waals surface area contributed by atoms with Gasteiger partial charge in [0, 0.05) is 10.8 Å². The first-order valence-corrected chi connectivity index (χ1v) is 19.1. The Balaban J connectivity index is 1.01. The average Bonchev–Trinajstić information content (AvgIpc) is 2.97. The number of hydrogen-bond acceptors (Lipinski definition) is 0. The number of unbranched alkanes of at least 4 members (excludes halogenated alkanes) is 5. The molecule has 226 valence electrons. The van der Waals surface area contributed by atoms with Gasteiger partial charge in [0.1, 0.15) is 4.33 Å². The summed E-state index contributed by atoms with van der Waals surface area (Å²) >= 11 is 14.9. The number of hydrogen-bond donors (Lipinski definition) is 0. The van der Waals surface area contributed by atoms with Gasteiger partial charge < -0.3 is 0 Å². The van der Waals surface area contributed by atoms with E-state index in [0.29, 0.717) is 0 Å². The standard InChI is InChI=1S/C37H64Cl2/c1-3-5-6-7-8-9-11-30-14-18-32(19-15-30)34-22-26-36(27-23-34)28-35(37(36,38)39)24-20-33(21-25-35)31-16-12-29(10-4-2)13-17-31/h29-34H,3-28H2,1-2H3/t29-,30-,31-,32-,33?,34?,35?,36?. The van der Waals surface area contributed by atoms with Crippen molar-refractivity contribution in [2.24, 2.45) is 46.3 Å². The molecule has 5 fully saturated rings. The van der Waals surface area contributed by atoms with Crippen LogP contribution < -0.4 is 0 Å². The zero-order valence-corrected chi connectivity index (χ0v) is 27.6. The molecule has 39 heavy (non-hydrogen) atoms. The zero-order valence-electron chi connectivity index (χ0n) is 26.1. The lowest BCUT2D eigenvalue weighted by molar-refractivity contribution is -0.122. The van der Waals surface area contributed by atoms with Gasteiger partial charge in [-0.2, -0.15) is 0 Å². The molecule has 0 unspecified atom stereocenters. The fraction of sp³-hybridized carbons (Fsp3) is 1.00. The molecule has 0 aromatic rings. The Kier molecular flexibility index (Phi) is 11.1. The number of rotatable bonds is 11. The van der Waals surface area contributed by atoms with Gasteiger partial charge in [-0.25, -0.2) is 0 Å². The molecule has 0 radical (unpaired) electrons. The van der Waals surface area contributed by atoms with Crippen molar-refractivity contribution in [3.63, 3.8) is 0 Å². The molecule has 0 N–H and O–H groups in total. The largest absolute Gasteiger partial charge is 0.129 e. The average molecular weight is 580 g/mol. The summed E-state index contributed by atoms with van der Waals surface area (Å²) in [6.45, 7) is 4.68. The molecule has 2 heteroatoms. The Morgan fingerprint density at radius 2 is 0.872 bits per heavy atom. The molecule has 0 nitrogen and oxygen atoms in total. The van der Waals surface area contributed by atoms with Crippen LogP contribution in [0.25, 0.3) is 0 Å². The van der Waals surface area contributed by atoms with Crippen LogP contribution in [0, 0.1) is 46.3 Å². The van der Waals surface area contributed by atoms with Crippen molar-refractivity contribution in [3.05, 3.63) is 0 Å². The van der Waals surface area contributed by atoms with Gasteiger partial charge >= 0.3 is 0 Å². The molecule has 0 aromatic heterocycles. The summed E-state index contributed by atoms with van der Waals surface area (Å²) in [5, 5.41) is 0. The second-order valence-electron chi connectivity index (χ2n) is 15.9. The van der Waals surface area contributed by atoms with E-state index in [9.17, 15) is 0 Å². The van der Waals surface area contributed by atoms with E-state index in [1.807, 2.05) is 0 Å². The van der Waals surface area contributed by atoms with Gasteiger partial charge in [0.05, 0.1) is 0 Å². The molecule has 2 spiro atoms. The Hall–Kier alpha value is 0.580. The third kappa shape index (κ3) is 6.73. The maximum Gasteiger partial charge on any atom is 0.129 e. The highest BCUT2D eigenvalue weighted by atomic mass is 35.5. The van der Waals surface area contributed by atoms with Crippen molar-refractivity contribution in [2.45, 2.75) is 185 Å². The summed E-state index contributed by atoms with van der Waals surface area (Å²) in [4.78, 5) is 0. The first-order chi connectivity index (χ1) is 18.9. The van der Waals surface area contributed by atoms with E-state index in [2.05, 4.69) is 13.8 Å². The summed E-state index contributed by atoms with van der Waals surface area (Å²) in [6.07, 6.45) is 37.3. The van der Waals surface area contributed by atoms with Crippen LogP contribution in [0.3, 0.4) is 0 Å². The van der Waals surface area contributed by atoms with Gasteiger partial charge in [-0.3, -0.25) is 0 Å². The van der Waals surface area contributed by atoms with Crippen molar-refractivity contribution >= 4 is 23.2 Å². The zero-order chi connectivity index (χ0) is 27.3. The normalized spacial score (nSPS) is 42.5. The van der Waals surface area contributed by atoms with E-state index in [0.717, 1.165) is 35.5 Å². The number of alkyl halides is 2. The van der Waals surface area contributed by atoms with Gasteiger partial charge in [0.2, 0.25) is 0 Å². The summed E-state index contributed by atoms with van der Waals surface area (Å²) in [6, 6.07) is 0. The molecule has 0 bridgehead atoms. The molecule has 5 saturated carbocycles. The Bertz CT molecular complexity index is 710.